The molecule has 2 aromatic rings. The summed E-state index contributed by atoms with van der Waals surface area (Å²) in [7, 11) is 0. The number of fused-ring (bicyclic) bond motifs is 1. The Morgan fingerprint density at radius 1 is 1.22 bits per heavy atom. The molecule has 0 N–H and O–H groups in total. The fourth-order valence-corrected chi connectivity index (χ4v) is 3.42. The maximum absolute atomic E-state index is 12.4. The Balaban J connectivity index is 1.47. The predicted octanol–water partition coefficient (Wildman–Crippen LogP) is 1.40. The third kappa shape index (κ3) is 2.87. The topological polar surface area (TPSA) is 58.8 Å². The minimum atomic E-state index is -0.0867. The van der Waals surface area contributed by atoms with Gasteiger partial charge in [-0.1, -0.05) is 35.5 Å². The molecule has 0 saturated carbocycles. The van der Waals surface area contributed by atoms with Gasteiger partial charge in [-0.3, -0.25) is 9.69 Å². The van der Waals surface area contributed by atoms with Crippen LogP contribution < -0.4 is 0 Å². The molecule has 0 aliphatic carbocycles. The van der Waals surface area contributed by atoms with Crippen LogP contribution in [-0.4, -0.2) is 59.3 Å². The molecular weight excluding hydrogens is 294 g/mol. The zero-order valence-corrected chi connectivity index (χ0v) is 12.8. The van der Waals surface area contributed by atoms with Gasteiger partial charge in [-0.25, -0.2) is 0 Å². The van der Waals surface area contributed by atoms with Gasteiger partial charge in [0.25, 0.3) is 5.91 Å². The van der Waals surface area contributed by atoms with Crippen molar-refractivity contribution in [3.05, 3.63) is 53.9 Å². The zero-order valence-electron chi connectivity index (χ0n) is 12.8. The van der Waals surface area contributed by atoms with Crippen LogP contribution >= 0.6 is 0 Å². The Morgan fingerprint density at radius 2 is 2.09 bits per heavy atom. The third-order valence-corrected chi connectivity index (χ3v) is 4.59. The van der Waals surface area contributed by atoms with Crippen molar-refractivity contribution in [2.45, 2.75) is 18.7 Å². The fraction of sp³-hybridized carbons (Fsp3) is 0.412. The highest BCUT2D eigenvalue weighted by Crippen LogP contribution is 2.25. The van der Waals surface area contributed by atoms with Gasteiger partial charge >= 0.3 is 0 Å². The largest absolute Gasteiger partial charge is 0.373 e. The highest BCUT2D eigenvalue weighted by Gasteiger charge is 2.42. The first-order chi connectivity index (χ1) is 11.3. The molecule has 120 valence electrons. The van der Waals surface area contributed by atoms with Crippen molar-refractivity contribution < 1.29 is 14.1 Å². The zero-order chi connectivity index (χ0) is 15.6. The number of likely N-dealkylation sites (tertiary alicyclic amines) is 1. The van der Waals surface area contributed by atoms with Crippen molar-refractivity contribution in [2.75, 3.05) is 26.2 Å². The molecule has 6 nitrogen and oxygen atoms in total. The van der Waals surface area contributed by atoms with E-state index in [1.807, 2.05) is 11.0 Å². The standard InChI is InChI=1S/C17H19N3O3/c21-17(14-6-8-23-18-14)20-11-15-16(12-20)22-9-7-19(15)10-13-4-2-1-3-5-13/h1-6,8,15-16H,7,9-12H2/t15-,16-/m1/s1. The number of hydrogen-bond donors (Lipinski definition) is 0. The van der Waals surface area contributed by atoms with Crippen LogP contribution in [0.25, 0.3) is 0 Å². The van der Waals surface area contributed by atoms with Crippen molar-refractivity contribution in [2.24, 2.45) is 0 Å². The average Bonchev–Trinajstić information content (AvgIpc) is 3.25. The van der Waals surface area contributed by atoms with E-state index >= 15 is 0 Å². The summed E-state index contributed by atoms with van der Waals surface area (Å²) < 4.78 is 10.7. The molecule has 0 unspecified atom stereocenters. The van der Waals surface area contributed by atoms with E-state index in [9.17, 15) is 4.79 Å². The van der Waals surface area contributed by atoms with Crippen LogP contribution in [0.15, 0.2) is 47.2 Å². The molecule has 3 heterocycles. The lowest BCUT2D eigenvalue weighted by atomic mass is 10.1. The second kappa shape index (κ2) is 6.14. The van der Waals surface area contributed by atoms with Gasteiger partial charge in [-0.05, 0) is 5.56 Å². The molecule has 4 rings (SSSR count). The molecule has 2 fully saturated rings. The van der Waals surface area contributed by atoms with Gasteiger partial charge in [0.1, 0.15) is 6.26 Å². The van der Waals surface area contributed by atoms with E-state index in [2.05, 4.69) is 34.3 Å². The number of benzene rings is 1. The lowest BCUT2D eigenvalue weighted by Crippen LogP contribution is -2.50. The molecule has 0 bridgehead atoms. The molecule has 23 heavy (non-hydrogen) atoms. The molecule has 2 saturated heterocycles. The molecular formula is C17H19N3O3. The first-order valence-corrected chi connectivity index (χ1v) is 7.90. The number of carbonyl (C=O) groups excluding carboxylic acids is 1. The van der Waals surface area contributed by atoms with E-state index in [0.717, 1.165) is 13.1 Å². The number of nitrogens with zero attached hydrogens (tertiary/aromatic N) is 3. The van der Waals surface area contributed by atoms with Crippen LogP contribution in [0.5, 0.6) is 0 Å². The van der Waals surface area contributed by atoms with Gasteiger partial charge in [-0.15, -0.1) is 0 Å². The molecule has 2 aliphatic heterocycles. The van der Waals surface area contributed by atoms with E-state index < -0.39 is 0 Å². The van der Waals surface area contributed by atoms with Crippen LogP contribution in [0.1, 0.15) is 16.1 Å². The first-order valence-electron chi connectivity index (χ1n) is 7.90. The maximum atomic E-state index is 12.4. The van der Waals surface area contributed by atoms with E-state index in [-0.39, 0.29) is 18.1 Å². The van der Waals surface area contributed by atoms with Crippen molar-refractivity contribution in [1.82, 2.24) is 15.0 Å². The number of hydrogen-bond acceptors (Lipinski definition) is 5. The van der Waals surface area contributed by atoms with Gasteiger partial charge in [0.2, 0.25) is 0 Å². The highest BCUT2D eigenvalue weighted by atomic mass is 16.5. The Bertz CT molecular complexity index is 659. The smallest absolute Gasteiger partial charge is 0.276 e. The second-order valence-electron chi connectivity index (χ2n) is 6.03. The summed E-state index contributed by atoms with van der Waals surface area (Å²) in [5.41, 5.74) is 1.65. The van der Waals surface area contributed by atoms with Crippen LogP contribution in [0.3, 0.4) is 0 Å². The van der Waals surface area contributed by atoms with Crippen molar-refractivity contribution in [3.8, 4) is 0 Å². The van der Waals surface area contributed by atoms with Crippen LogP contribution in [0.2, 0.25) is 0 Å². The van der Waals surface area contributed by atoms with Gasteiger partial charge in [0.15, 0.2) is 5.69 Å². The number of rotatable bonds is 3. The average molecular weight is 313 g/mol. The lowest BCUT2D eigenvalue weighted by Gasteiger charge is -2.36. The first kappa shape index (κ1) is 14.4. The van der Waals surface area contributed by atoms with E-state index in [1.165, 1.54) is 11.8 Å². The molecule has 0 radical (unpaired) electrons. The number of aromatic nitrogens is 1. The summed E-state index contributed by atoms with van der Waals surface area (Å²) in [6.45, 7) is 3.77. The number of carbonyl (C=O) groups is 1. The lowest BCUT2D eigenvalue weighted by molar-refractivity contribution is -0.0503. The minimum absolute atomic E-state index is 0.0725. The molecule has 2 atom stereocenters. The van der Waals surface area contributed by atoms with E-state index in [0.29, 0.717) is 25.4 Å². The van der Waals surface area contributed by atoms with Gasteiger partial charge in [0, 0.05) is 32.2 Å². The fourth-order valence-electron chi connectivity index (χ4n) is 3.42. The molecule has 6 heteroatoms. The molecule has 2 aliphatic rings. The number of ether oxygens (including phenoxy) is 1. The van der Waals surface area contributed by atoms with Crippen LogP contribution in [0.4, 0.5) is 0 Å². The summed E-state index contributed by atoms with van der Waals surface area (Å²) in [6, 6.07) is 12.3. The number of amides is 1. The summed E-state index contributed by atoms with van der Waals surface area (Å²) in [5, 5.41) is 3.74. The Hall–Kier alpha value is -2.18. The second-order valence-corrected chi connectivity index (χ2v) is 6.03. The summed E-state index contributed by atoms with van der Waals surface area (Å²) >= 11 is 0. The monoisotopic (exact) mass is 313 g/mol. The summed E-state index contributed by atoms with van der Waals surface area (Å²) in [6.07, 6.45) is 1.50. The molecule has 1 amide bonds. The quantitative estimate of drug-likeness (QED) is 0.857. The molecule has 1 aromatic heterocycles. The van der Waals surface area contributed by atoms with Gasteiger partial charge < -0.3 is 14.2 Å². The van der Waals surface area contributed by atoms with Crippen molar-refractivity contribution >= 4 is 5.91 Å². The van der Waals surface area contributed by atoms with E-state index in [4.69, 9.17) is 9.26 Å². The van der Waals surface area contributed by atoms with Crippen molar-refractivity contribution in [1.29, 1.82) is 0 Å². The summed E-state index contributed by atoms with van der Waals surface area (Å²) in [4.78, 5) is 16.7. The summed E-state index contributed by atoms with van der Waals surface area (Å²) in [5.74, 6) is -0.0867. The Morgan fingerprint density at radius 3 is 2.87 bits per heavy atom. The predicted molar refractivity (Wildman–Crippen MR) is 82.8 cm³/mol. The normalized spacial score (nSPS) is 24.6. The van der Waals surface area contributed by atoms with E-state index in [1.54, 1.807) is 6.07 Å². The Kier molecular flexibility index (Phi) is 3.85. The van der Waals surface area contributed by atoms with Crippen LogP contribution in [-0.2, 0) is 11.3 Å². The van der Waals surface area contributed by atoms with Gasteiger partial charge in [-0.2, -0.15) is 0 Å². The van der Waals surface area contributed by atoms with Gasteiger partial charge in [0.05, 0.1) is 18.8 Å². The van der Waals surface area contributed by atoms with Crippen LogP contribution in [0, 0.1) is 0 Å². The molecule has 0 spiro atoms. The van der Waals surface area contributed by atoms with Crippen molar-refractivity contribution in [3.63, 3.8) is 0 Å². The minimum Gasteiger partial charge on any atom is -0.373 e. The maximum Gasteiger partial charge on any atom is 0.276 e. The Labute approximate surface area is 134 Å². The number of morpholine rings is 1. The highest BCUT2D eigenvalue weighted by molar-refractivity contribution is 5.92. The molecule has 1 aromatic carbocycles. The SMILES string of the molecule is O=C(c1ccon1)N1C[C@@H]2[C@@H](C1)OCCN2Cc1ccccc1. The third-order valence-electron chi connectivity index (χ3n) is 4.59.